The van der Waals surface area contributed by atoms with E-state index >= 15 is 0 Å². The second kappa shape index (κ2) is 8.65. The molecule has 3 heterocycles. The Balaban J connectivity index is 1.24. The molecule has 3 amide bonds. The van der Waals surface area contributed by atoms with Crippen molar-refractivity contribution < 1.29 is 18.8 Å². The van der Waals surface area contributed by atoms with Crippen molar-refractivity contribution >= 4 is 29.1 Å². The molecule has 9 heteroatoms. The number of anilines is 2. The van der Waals surface area contributed by atoms with Crippen LogP contribution in [0.3, 0.4) is 0 Å². The predicted octanol–water partition coefficient (Wildman–Crippen LogP) is 4.04. The van der Waals surface area contributed by atoms with Crippen molar-refractivity contribution in [1.82, 2.24) is 14.5 Å². The van der Waals surface area contributed by atoms with Crippen LogP contribution in [-0.2, 0) is 9.59 Å². The Labute approximate surface area is 202 Å². The number of fused-ring (bicyclic) bond motifs is 3. The van der Waals surface area contributed by atoms with Gasteiger partial charge >= 0.3 is 0 Å². The maximum Gasteiger partial charge on any atom is 0.257 e. The lowest BCUT2D eigenvalue weighted by atomic mass is 9.98. The number of carbonyl (C=O) groups is 3. The van der Waals surface area contributed by atoms with Gasteiger partial charge in [0.25, 0.3) is 5.91 Å². The second-order valence-corrected chi connectivity index (χ2v) is 9.08. The number of hydrogen-bond acceptors (Lipinski definition) is 4. The quantitative estimate of drug-likeness (QED) is 0.583. The van der Waals surface area contributed by atoms with E-state index in [1.807, 2.05) is 13.0 Å². The smallest absolute Gasteiger partial charge is 0.257 e. The normalized spacial score (nSPS) is 19.1. The van der Waals surface area contributed by atoms with Crippen LogP contribution in [0.15, 0.2) is 54.9 Å². The molecule has 1 atom stereocenters. The maximum atomic E-state index is 14.6. The van der Waals surface area contributed by atoms with Gasteiger partial charge < -0.3 is 14.8 Å². The molecule has 1 N–H and O–H groups in total. The summed E-state index contributed by atoms with van der Waals surface area (Å²) >= 11 is 0. The van der Waals surface area contributed by atoms with Gasteiger partial charge in [0.05, 0.1) is 16.9 Å². The third-order valence-corrected chi connectivity index (χ3v) is 6.85. The van der Waals surface area contributed by atoms with Gasteiger partial charge in [-0.05, 0) is 57.0 Å². The van der Waals surface area contributed by atoms with E-state index in [9.17, 15) is 18.8 Å². The van der Waals surface area contributed by atoms with E-state index in [1.54, 1.807) is 64.0 Å². The van der Waals surface area contributed by atoms with Crippen molar-refractivity contribution in [2.75, 3.05) is 16.8 Å². The first-order valence-electron chi connectivity index (χ1n) is 11.6. The molecule has 2 aliphatic rings. The predicted molar refractivity (Wildman–Crippen MR) is 129 cm³/mol. The zero-order valence-electron chi connectivity index (χ0n) is 19.6. The third-order valence-electron chi connectivity index (χ3n) is 6.85. The highest BCUT2D eigenvalue weighted by molar-refractivity contribution is 6.10. The molecule has 0 saturated carbocycles. The standard InChI is InChI=1S/C26H26FN5O3/c1-17-28-13-15-30(17)22-10-9-18(16-20(22)27)29-23(33)8-5-14-31-25(35)19-6-3-4-7-21(19)32-24(34)11-12-26(31,32)2/h3-4,6-7,9-10,13,15-16H,5,8,11-12,14H2,1-2H3,(H,29,33). The summed E-state index contributed by atoms with van der Waals surface area (Å²) < 4.78 is 16.3. The molecule has 1 unspecified atom stereocenters. The highest BCUT2D eigenvalue weighted by Gasteiger charge is 2.52. The average molecular weight is 476 g/mol. The van der Waals surface area contributed by atoms with Crippen molar-refractivity contribution in [2.24, 2.45) is 0 Å². The van der Waals surface area contributed by atoms with Crippen LogP contribution in [-0.4, -0.2) is 44.4 Å². The number of benzene rings is 2. The number of nitrogens with zero attached hydrogens (tertiary/aromatic N) is 4. The number of nitrogens with one attached hydrogen (secondary N) is 1. The van der Waals surface area contributed by atoms with Crippen molar-refractivity contribution in [3.63, 3.8) is 0 Å². The summed E-state index contributed by atoms with van der Waals surface area (Å²) in [6.45, 7) is 4.01. The topological polar surface area (TPSA) is 87.5 Å². The van der Waals surface area contributed by atoms with Gasteiger partial charge in [-0.25, -0.2) is 9.37 Å². The molecule has 1 aromatic heterocycles. The molecule has 2 aromatic carbocycles. The molecule has 3 aromatic rings. The van der Waals surface area contributed by atoms with E-state index in [0.717, 1.165) is 0 Å². The van der Waals surface area contributed by atoms with Crippen LogP contribution in [0.5, 0.6) is 0 Å². The molecule has 0 aliphatic carbocycles. The molecular weight excluding hydrogens is 449 g/mol. The summed E-state index contributed by atoms with van der Waals surface area (Å²) in [4.78, 5) is 46.0. The number of aromatic nitrogens is 2. The maximum absolute atomic E-state index is 14.6. The molecule has 8 nitrogen and oxygen atoms in total. The van der Waals surface area contributed by atoms with Crippen LogP contribution in [0.25, 0.3) is 5.69 Å². The Kier molecular flexibility index (Phi) is 5.62. The lowest BCUT2D eigenvalue weighted by molar-refractivity contribution is -0.118. The molecule has 0 radical (unpaired) electrons. The van der Waals surface area contributed by atoms with Gasteiger partial charge in [-0.3, -0.25) is 19.3 Å². The molecule has 1 fully saturated rings. The van der Waals surface area contributed by atoms with Gasteiger partial charge in [0.1, 0.15) is 17.3 Å². The number of carbonyl (C=O) groups excluding carboxylic acids is 3. The monoisotopic (exact) mass is 475 g/mol. The number of hydrogen-bond donors (Lipinski definition) is 1. The molecule has 0 bridgehead atoms. The molecule has 35 heavy (non-hydrogen) atoms. The zero-order chi connectivity index (χ0) is 24.7. The van der Waals surface area contributed by atoms with Crippen molar-refractivity contribution in [3.8, 4) is 5.69 Å². The molecule has 5 rings (SSSR count). The Morgan fingerprint density at radius 2 is 1.97 bits per heavy atom. The van der Waals surface area contributed by atoms with Gasteiger partial charge in [0.2, 0.25) is 11.8 Å². The Hall–Kier alpha value is -4.01. The lowest BCUT2D eigenvalue weighted by Gasteiger charge is -2.48. The number of halogens is 1. The van der Waals surface area contributed by atoms with Crippen molar-refractivity contribution in [2.45, 2.75) is 45.2 Å². The van der Waals surface area contributed by atoms with Gasteiger partial charge in [0, 0.05) is 37.5 Å². The van der Waals surface area contributed by atoms with Gasteiger partial charge in [0.15, 0.2) is 0 Å². The van der Waals surface area contributed by atoms with E-state index in [0.29, 0.717) is 54.3 Å². The van der Waals surface area contributed by atoms with Gasteiger partial charge in [-0.2, -0.15) is 0 Å². The Morgan fingerprint density at radius 1 is 1.17 bits per heavy atom. The third kappa shape index (κ3) is 3.86. The SMILES string of the molecule is Cc1nccn1-c1ccc(NC(=O)CCCN2C(=O)c3ccccc3N3C(=O)CCC23C)cc1F. The number of rotatable bonds is 6. The Bertz CT molecular complexity index is 1340. The molecular formula is C26H26FN5O3. The first-order chi connectivity index (χ1) is 16.8. The average Bonchev–Trinajstić information content (AvgIpc) is 3.39. The summed E-state index contributed by atoms with van der Waals surface area (Å²) in [5.41, 5.74) is 1.10. The van der Waals surface area contributed by atoms with Crippen molar-refractivity contribution in [1.29, 1.82) is 0 Å². The number of amides is 3. The fourth-order valence-electron chi connectivity index (χ4n) is 5.08. The van der Waals surface area contributed by atoms with E-state index < -0.39 is 11.5 Å². The fourth-order valence-corrected chi connectivity index (χ4v) is 5.08. The van der Waals surface area contributed by atoms with Crippen LogP contribution in [0.1, 0.15) is 48.8 Å². The number of para-hydroxylation sites is 1. The van der Waals surface area contributed by atoms with Gasteiger partial charge in [-0.15, -0.1) is 0 Å². The molecule has 1 saturated heterocycles. The molecule has 180 valence electrons. The van der Waals surface area contributed by atoms with Crippen molar-refractivity contribution in [3.05, 3.63) is 72.1 Å². The van der Waals surface area contributed by atoms with Crippen LogP contribution >= 0.6 is 0 Å². The number of aryl methyl sites for hydroxylation is 1. The summed E-state index contributed by atoms with van der Waals surface area (Å²) in [6, 6.07) is 11.7. The van der Waals surface area contributed by atoms with E-state index in [2.05, 4.69) is 10.3 Å². The minimum absolute atomic E-state index is 0.00782. The molecule has 0 spiro atoms. The largest absolute Gasteiger partial charge is 0.326 e. The van der Waals surface area contributed by atoms with Crippen LogP contribution in [0.2, 0.25) is 0 Å². The van der Waals surface area contributed by atoms with E-state index in [-0.39, 0.29) is 24.1 Å². The zero-order valence-corrected chi connectivity index (χ0v) is 19.6. The Morgan fingerprint density at radius 3 is 2.71 bits per heavy atom. The van der Waals surface area contributed by atoms with Gasteiger partial charge in [-0.1, -0.05) is 12.1 Å². The fraction of sp³-hybridized carbons (Fsp3) is 0.308. The summed E-state index contributed by atoms with van der Waals surface area (Å²) in [6.07, 6.45) is 4.74. The van der Waals surface area contributed by atoms with Crippen LogP contribution in [0, 0.1) is 12.7 Å². The first kappa shape index (κ1) is 22.8. The van der Waals surface area contributed by atoms with E-state index in [1.165, 1.54) is 6.07 Å². The minimum Gasteiger partial charge on any atom is -0.326 e. The first-order valence-corrected chi connectivity index (χ1v) is 11.6. The highest BCUT2D eigenvalue weighted by atomic mass is 19.1. The second-order valence-electron chi connectivity index (χ2n) is 9.08. The number of imidazole rings is 1. The van der Waals surface area contributed by atoms with Crippen LogP contribution in [0.4, 0.5) is 15.8 Å². The highest BCUT2D eigenvalue weighted by Crippen LogP contribution is 2.44. The molecule has 2 aliphatic heterocycles. The van der Waals surface area contributed by atoms with Crippen LogP contribution < -0.4 is 10.2 Å². The summed E-state index contributed by atoms with van der Waals surface area (Å²) in [5.74, 6) is -0.231. The minimum atomic E-state index is -0.747. The summed E-state index contributed by atoms with van der Waals surface area (Å²) in [5, 5.41) is 2.73. The van der Waals surface area contributed by atoms with E-state index in [4.69, 9.17) is 0 Å². The summed E-state index contributed by atoms with van der Waals surface area (Å²) in [7, 11) is 0. The lowest BCUT2D eigenvalue weighted by Crippen LogP contribution is -2.62.